The van der Waals surface area contributed by atoms with Gasteiger partial charge in [-0.1, -0.05) is 12.1 Å². The molecule has 0 spiro atoms. The van der Waals surface area contributed by atoms with Crippen molar-refractivity contribution >= 4 is 11.9 Å². The SMILES string of the molecule is CC(=O)/C=C/c1cc(O)ccc1C. The van der Waals surface area contributed by atoms with Crippen LogP contribution in [-0.4, -0.2) is 10.9 Å². The minimum atomic E-state index is 0.00254. The highest BCUT2D eigenvalue weighted by molar-refractivity contribution is 5.91. The molecule has 0 atom stereocenters. The van der Waals surface area contributed by atoms with Crippen LogP contribution in [0.25, 0.3) is 6.08 Å². The van der Waals surface area contributed by atoms with E-state index in [1.807, 2.05) is 13.0 Å². The number of allylic oxidation sites excluding steroid dienone is 1. The number of phenolic OH excluding ortho intramolecular Hbond substituents is 1. The van der Waals surface area contributed by atoms with Gasteiger partial charge in [-0.15, -0.1) is 0 Å². The van der Waals surface area contributed by atoms with Crippen molar-refractivity contribution < 1.29 is 9.90 Å². The summed E-state index contributed by atoms with van der Waals surface area (Å²) < 4.78 is 0. The Labute approximate surface area is 77.5 Å². The van der Waals surface area contributed by atoms with Crippen LogP contribution < -0.4 is 0 Å². The molecule has 0 aliphatic carbocycles. The van der Waals surface area contributed by atoms with Crippen molar-refractivity contribution in [1.82, 2.24) is 0 Å². The maximum absolute atomic E-state index is 10.7. The second-order valence-electron chi connectivity index (χ2n) is 2.98. The first-order chi connectivity index (χ1) is 6.09. The number of carbonyl (C=O) groups excluding carboxylic acids is 1. The monoisotopic (exact) mass is 176 g/mol. The minimum Gasteiger partial charge on any atom is -0.508 e. The predicted octanol–water partition coefficient (Wildman–Crippen LogP) is 2.30. The molecule has 1 N–H and O–H groups in total. The smallest absolute Gasteiger partial charge is 0.152 e. The van der Waals surface area contributed by atoms with E-state index in [2.05, 4.69) is 0 Å². The molecule has 0 bridgehead atoms. The van der Waals surface area contributed by atoms with Crippen molar-refractivity contribution in [3.63, 3.8) is 0 Å². The Balaban J connectivity index is 3.00. The fourth-order valence-corrected chi connectivity index (χ4v) is 1.01. The topological polar surface area (TPSA) is 37.3 Å². The molecule has 0 heterocycles. The quantitative estimate of drug-likeness (QED) is 0.702. The van der Waals surface area contributed by atoms with Crippen molar-refractivity contribution in [3.8, 4) is 5.75 Å². The van der Waals surface area contributed by atoms with Gasteiger partial charge in [-0.25, -0.2) is 0 Å². The Morgan fingerprint density at radius 1 is 1.46 bits per heavy atom. The predicted molar refractivity (Wildman–Crippen MR) is 52.6 cm³/mol. The summed E-state index contributed by atoms with van der Waals surface area (Å²) in [4.78, 5) is 10.7. The number of benzene rings is 1. The van der Waals surface area contributed by atoms with E-state index in [4.69, 9.17) is 0 Å². The molecule has 0 radical (unpaired) electrons. The molecule has 1 aromatic carbocycles. The van der Waals surface area contributed by atoms with Crippen LogP contribution in [0.3, 0.4) is 0 Å². The molecule has 0 aromatic heterocycles. The summed E-state index contributed by atoms with van der Waals surface area (Å²) in [5.74, 6) is 0.219. The van der Waals surface area contributed by atoms with Gasteiger partial charge in [0.05, 0.1) is 0 Å². The van der Waals surface area contributed by atoms with E-state index in [1.54, 1.807) is 18.2 Å². The van der Waals surface area contributed by atoms with E-state index < -0.39 is 0 Å². The molecule has 0 saturated carbocycles. The number of hydrogen-bond acceptors (Lipinski definition) is 2. The van der Waals surface area contributed by atoms with Crippen molar-refractivity contribution in [2.75, 3.05) is 0 Å². The standard InChI is InChI=1S/C11H12O2/c1-8-3-6-11(13)7-10(8)5-4-9(2)12/h3-7,13H,1-2H3/b5-4+. The Hall–Kier alpha value is -1.57. The van der Waals surface area contributed by atoms with Crippen LogP contribution in [0.4, 0.5) is 0 Å². The van der Waals surface area contributed by atoms with Crippen LogP contribution in [0, 0.1) is 6.92 Å². The lowest BCUT2D eigenvalue weighted by Gasteiger charge is -1.99. The van der Waals surface area contributed by atoms with E-state index in [-0.39, 0.29) is 11.5 Å². The number of rotatable bonds is 2. The zero-order chi connectivity index (χ0) is 9.84. The zero-order valence-corrected chi connectivity index (χ0v) is 7.74. The second-order valence-corrected chi connectivity index (χ2v) is 2.98. The summed E-state index contributed by atoms with van der Waals surface area (Å²) >= 11 is 0. The Bertz CT molecular complexity index is 351. The van der Waals surface area contributed by atoms with Crippen LogP contribution in [0.15, 0.2) is 24.3 Å². The number of phenols is 1. The second kappa shape index (κ2) is 3.90. The van der Waals surface area contributed by atoms with Crippen LogP contribution in [0.1, 0.15) is 18.1 Å². The lowest BCUT2D eigenvalue weighted by molar-refractivity contribution is -0.112. The summed E-state index contributed by atoms with van der Waals surface area (Å²) in [5.41, 5.74) is 1.91. The van der Waals surface area contributed by atoms with Crippen molar-refractivity contribution in [2.24, 2.45) is 0 Å². The molecule has 0 unspecified atom stereocenters. The first kappa shape index (κ1) is 9.52. The third kappa shape index (κ3) is 2.75. The van der Waals surface area contributed by atoms with Gasteiger partial charge < -0.3 is 5.11 Å². The Morgan fingerprint density at radius 3 is 2.77 bits per heavy atom. The number of carbonyl (C=O) groups is 1. The molecule has 0 aliphatic rings. The highest BCUT2D eigenvalue weighted by atomic mass is 16.3. The van der Waals surface area contributed by atoms with E-state index >= 15 is 0 Å². The van der Waals surface area contributed by atoms with Crippen molar-refractivity contribution in [3.05, 3.63) is 35.4 Å². The van der Waals surface area contributed by atoms with Gasteiger partial charge >= 0.3 is 0 Å². The van der Waals surface area contributed by atoms with Crippen molar-refractivity contribution in [2.45, 2.75) is 13.8 Å². The van der Waals surface area contributed by atoms with Gasteiger partial charge in [-0.05, 0) is 43.2 Å². The highest BCUT2D eigenvalue weighted by Gasteiger charge is 1.95. The molecular formula is C11H12O2. The van der Waals surface area contributed by atoms with E-state index in [0.717, 1.165) is 11.1 Å². The maximum Gasteiger partial charge on any atom is 0.152 e. The molecule has 1 rings (SSSR count). The van der Waals surface area contributed by atoms with Gasteiger partial charge in [0, 0.05) is 0 Å². The average molecular weight is 176 g/mol. The lowest BCUT2D eigenvalue weighted by atomic mass is 10.1. The first-order valence-corrected chi connectivity index (χ1v) is 4.08. The molecule has 2 heteroatoms. The highest BCUT2D eigenvalue weighted by Crippen LogP contribution is 2.16. The molecule has 13 heavy (non-hydrogen) atoms. The van der Waals surface area contributed by atoms with Gasteiger partial charge in [0.1, 0.15) is 5.75 Å². The van der Waals surface area contributed by atoms with Gasteiger partial charge in [-0.2, -0.15) is 0 Å². The van der Waals surface area contributed by atoms with E-state index in [1.165, 1.54) is 13.0 Å². The largest absolute Gasteiger partial charge is 0.508 e. The molecule has 0 amide bonds. The fourth-order valence-electron chi connectivity index (χ4n) is 1.01. The Morgan fingerprint density at radius 2 is 2.15 bits per heavy atom. The molecule has 0 saturated heterocycles. The summed E-state index contributed by atoms with van der Waals surface area (Å²) in [6.45, 7) is 3.42. The van der Waals surface area contributed by atoms with E-state index in [9.17, 15) is 9.90 Å². The van der Waals surface area contributed by atoms with E-state index in [0.29, 0.717) is 0 Å². The summed E-state index contributed by atoms with van der Waals surface area (Å²) in [7, 11) is 0. The molecule has 68 valence electrons. The fraction of sp³-hybridized carbons (Fsp3) is 0.182. The first-order valence-electron chi connectivity index (χ1n) is 4.08. The maximum atomic E-state index is 10.7. The zero-order valence-electron chi connectivity index (χ0n) is 7.74. The third-order valence-electron chi connectivity index (χ3n) is 1.76. The molecule has 2 nitrogen and oxygen atoms in total. The lowest BCUT2D eigenvalue weighted by Crippen LogP contribution is -1.83. The molecule has 0 fully saturated rings. The summed E-state index contributed by atoms with van der Waals surface area (Å²) in [6.07, 6.45) is 3.19. The number of aryl methyl sites for hydroxylation is 1. The van der Waals surface area contributed by atoms with Gasteiger partial charge in [0.2, 0.25) is 0 Å². The normalized spacial score (nSPS) is 10.6. The van der Waals surface area contributed by atoms with Crippen LogP contribution >= 0.6 is 0 Å². The van der Waals surface area contributed by atoms with Gasteiger partial charge in [0.15, 0.2) is 5.78 Å². The van der Waals surface area contributed by atoms with Gasteiger partial charge in [-0.3, -0.25) is 4.79 Å². The summed E-state index contributed by atoms with van der Waals surface area (Å²) in [6, 6.07) is 5.07. The van der Waals surface area contributed by atoms with Crippen LogP contribution in [0.2, 0.25) is 0 Å². The van der Waals surface area contributed by atoms with Crippen LogP contribution in [0.5, 0.6) is 5.75 Å². The van der Waals surface area contributed by atoms with Crippen molar-refractivity contribution in [1.29, 1.82) is 0 Å². The van der Waals surface area contributed by atoms with Gasteiger partial charge in [0.25, 0.3) is 0 Å². The number of ketones is 1. The number of aromatic hydroxyl groups is 1. The molecule has 0 aliphatic heterocycles. The minimum absolute atomic E-state index is 0.00254. The van der Waals surface area contributed by atoms with Crippen LogP contribution in [-0.2, 0) is 4.79 Å². The molecular weight excluding hydrogens is 164 g/mol. The molecule has 1 aromatic rings. The average Bonchev–Trinajstić information content (AvgIpc) is 2.06. The summed E-state index contributed by atoms with van der Waals surface area (Å²) in [5, 5.41) is 9.18. The Kier molecular flexibility index (Phi) is 2.85. The third-order valence-corrected chi connectivity index (χ3v) is 1.76. The number of hydrogen-bond donors (Lipinski definition) is 1.